The third kappa shape index (κ3) is 4.56. The number of esters is 1. The van der Waals surface area contributed by atoms with E-state index in [1.807, 2.05) is 39.0 Å². The first-order valence-corrected chi connectivity index (χ1v) is 9.80. The maximum Gasteiger partial charge on any atom is 0.338 e. The van der Waals surface area contributed by atoms with Gasteiger partial charge in [0.25, 0.3) is 5.91 Å². The van der Waals surface area contributed by atoms with E-state index >= 15 is 0 Å². The molecule has 3 amide bonds. The van der Waals surface area contributed by atoms with Gasteiger partial charge in [0, 0.05) is 18.5 Å². The van der Waals surface area contributed by atoms with Crippen molar-refractivity contribution in [1.82, 2.24) is 0 Å². The molecular weight excluding hydrogens is 384 g/mol. The highest BCUT2D eigenvalue weighted by atomic mass is 16.5. The van der Waals surface area contributed by atoms with Crippen molar-refractivity contribution in [3.8, 4) is 0 Å². The number of nitrogens with zero attached hydrogens (tertiary/aromatic N) is 1. The van der Waals surface area contributed by atoms with Gasteiger partial charge in [0.15, 0.2) is 6.61 Å². The maximum atomic E-state index is 12.4. The topological polar surface area (TPSA) is 92.8 Å². The summed E-state index contributed by atoms with van der Waals surface area (Å²) >= 11 is 0. The minimum absolute atomic E-state index is 0.158. The number of amides is 3. The van der Waals surface area contributed by atoms with Gasteiger partial charge in [-0.15, -0.1) is 0 Å². The van der Waals surface area contributed by atoms with Crippen LogP contribution in [0.1, 0.15) is 54.1 Å². The molecule has 0 aliphatic carbocycles. The number of aryl methyl sites for hydroxylation is 1. The number of anilines is 2. The van der Waals surface area contributed by atoms with E-state index in [9.17, 15) is 19.2 Å². The van der Waals surface area contributed by atoms with Gasteiger partial charge in [-0.1, -0.05) is 38.1 Å². The fourth-order valence-electron chi connectivity index (χ4n) is 3.37. The van der Waals surface area contributed by atoms with Crippen LogP contribution in [0.2, 0.25) is 0 Å². The van der Waals surface area contributed by atoms with Gasteiger partial charge in [-0.3, -0.25) is 19.3 Å². The number of carbonyl (C=O) groups excluding carboxylic acids is 4. The Kier molecular flexibility index (Phi) is 6.30. The van der Waals surface area contributed by atoms with Gasteiger partial charge in [0.2, 0.25) is 11.8 Å². The predicted octanol–water partition coefficient (Wildman–Crippen LogP) is 3.57. The minimum atomic E-state index is -0.708. The number of imide groups is 1. The summed E-state index contributed by atoms with van der Waals surface area (Å²) in [5, 5.41) is 2.82. The lowest BCUT2D eigenvalue weighted by atomic mass is 9.98. The van der Waals surface area contributed by atoms with Gasteiger partial charge in [-0.25, -0.2) is 4.79 Å². The standard InChI is InChI=1S/C23H24N2O5/c1-14(2)18-9-4-6-15(3)22(18)24-19(26)13-30-23(29)16-7-5-8-17(12-16)25-20(27)10-11-21(25)28/h4-9,12,14H,10-11,13H2,1-3H3,(H,24,26). The number of hydrogen-bond donors (Lipinski definition) is 1. The quantitative estimate of drug-likeness (QED) is 0.583. The SMILES string of the molecule is Cc1cccc(C(C)C)c1NC(=O)COC(=O)c1cccc(N2C(=O)CCC2=O)c1. The van der Waals surface area contributed by atoms with Gasteiger partial charge in [0.05, 0.1) is 11.3 Å². The van der Waals surface area contributed by atoms with E-state index in [1.54, 1.807) is 12.1 Å². The van der Waals surface area contributed by atoms with Crippen molar-refractivity contribution in [2.45, 2.75) is 39.5 Å². The number of hydrogen-bond acceptors (Lipinski definition) is 5. The number of carbonyl (C=O) groups is 4. The molecule has 3 rings (SSSR count). The lowest BCUT2D eigenvalue weighted by Gasteiger charge is -2.16. The molecule has 156 valence electrons. The smallest absolute Gasteiger partial charge is 0.338 e. The fourth-order valence-corrected chi connectivity index (χ4v) is 3.37. The van der Waals surface area contributed by atoms with E-state index in [4.69, 9.17) is 4.74 Å². The Morgan fingerprint density at radius 2 is 1.73 bits per heavy atom. The first kappa shape index (κ1) is 21.2. The van der Waals surface area contributed by atoms with E-state index in [0.717, 1.165) is 21.7 Å². The Morgan fingerprint density at radius 3 is 2.40 bits per heavy atom. The summed E-state index contributed by atoms with van der Waals surface area (Å²) in [5.41, 5.74) is 3.13. The van der Waals surface area contributed by atoms with E-state index in [1.165, 1.54) is 12.1 Å². The highest BCUT2D eigenvalue weighted by Crippen LogP contribution is 2.27. The summed E-state index contributed by atoms with van der Waals surface area (Å²) in [6.07, 6.45) is 0.315. The van der Waals surface area contributed by atoms with E-state index in [-0.39, 0.29) is 36.1 Å². The van der Waals surface area contributed by atoms with Gasteiger partial charge >= 0.3 is 5.97 Å². The molecule has 0 bridgehead atoms. The number of para-hydroxylation sites is 1. The molecule has 30 heavy (non-hydrogen) atoms. The van der Waals surface area contributed by atoms with Gasteiger partial charge < -0.3 is 10.1 Å². The Bertz CT molecular complexity index is 996. The molecule has 1 fully saturated rings. The zero-order valence-electron chi connectivity index (χ0n) is 17.2. The zero-order chi connectivity index (χ0) is 21.8. The molecule has 2 aromatic carbocycles. The van der Waals surface area contributed by atoms with Crippen LogP contribution in [0.25, 0.3) is 0 Å². The van der Waals surface area contributed by atoms with Crippen LogP contribution in [-0.4, -0.2) is 30.3 Å². The second-order valence-electron chi connectivity index (χ2n) is 7.49. The molecule has 1 aliphatic rings. The normalized spacial score (nSPS) is 13.7. The Morgan fingerprint density at radius 1 is 1.07 bits per heavy atom. The first-order chi connectivity index (χ1) is 14.3. The maximum absolute atomic E-state index is 12.4. The third-order valence-electron chi connectivity index (χ3n) is 4.92. The average Bonchev–Trinajstić information content (AvgIpc) is 3.05. The second-order valence-corrected chi connectivity index (χ2v) is 7.49. The summed E-state index contributed by atoms with van der Waals surface area (Å²) in [7, 11) is 0. The largest absolute Gasteiger partial charge is 0.452 e. The molecule has 2 aromatic rings. The molecule has 0 unspecified atom stereocenters. The van der Waals surface area contributed by atoms with Crippen LogP contribution in [0, 0.1) is 6.92 Å². The molecule has 1 saturated heterocycles. The Hall–Kier alpha value is -3.48. The second kappa shape index (κ2) is 8.90. The van der Waals surface area contributed by atoms with Gasteiger partial charge in [-0.05, 0) is 42.2 Å². The summed E-state index contributed by atoms with van der Waals surface area (Å²) in [6.45, 7) is 5.52. The van der Waals surface area contributed by atoms with Crippen molar-refractivity contribution in [3.05, 3.63) is 59.2 Å². The minimum Gasteiger partial charge on any atom is -0.452 e. The molecule has 1 N–H and O–H groups in total. The van der Waals surface area contributed by atoms with Crippen LogP contribution < -0.4 is 10.2 Å². The van der Waals surface area contributed by atoms with Crippen LogP contribution in [0.15, 0.2) is 42.5 Å². The van der Waals surface area contributed by atoms with Crippen LogP contribution in [0.3, 0.4) is 0 Å². The molecule has 7 heteroatoms. The number of rotatable bonds is 6. The van der Waals surface area contributed by atoms with E-state index in [0.29, 0.717) is 5.69 Å². The Labute approximate surface area is 175 Å². The molecule has 0 aromatic heterocycles. The van der Waals surface area contributed by atoms with Crippen molar-refractivity contribution in [3.63, 3.8) is 0 Å². The highest BCUT2D eigenvalue weighted by Gasteiger charge is 2.30. The molecule has 0 spiro atoms. The van der Waals surface area contributed by atoms with Crippen molar-refractivity contribution >= 4 is 35.1 Å². The highest BCUT2D eigenvalue weighted by molar-refractivity contribution is 6.20. The van der Waals surface area contributed by atoms with E-state index < -0.39 is 18.5 Å². The van der Waals surface area contributed by atoms with Gasteiger partial charge in [-0.2, -0.15) is 0 Å². The molecule has 0 radical (unpaired) electrons. The van der Waals surface area contributed by atoms with E-state index in [2.05, 4.69) is 5.32 Å². The number of ether oxygens (including phenoxy) is 1. The predicted molar refractivity (Wildman–Crippen MR) is 112 cm³/mol. The summed E-state index contributed by atoms with van der Waals surface area (Å²) in [5.74, 6) is -1.53. The monoisotopic (exact) mass is 408 g/mol. The first-order valence-electron chi connectivity index (χ1n) is 9.80. The summed E-state index contributed by atoms with van der Waals surface area (Å²) in [4.78, 5) is 49.6. The fraction of sp³-hybridized carbons (Fsp3) is 0.304. The van der Waals surface area contributed by atoms with Gasteiger partial charge in [0.1, 0.15) is 0 Å². The summed E-state index contributed by atoms with van der Waals surface area (Å²) < 4.78 is 5.13. The van der Waals surface area contributed by atoms with Crippen molar-refractivity contribution in [1.29, 1.82) is 0 Å². The van der Waals surface area contributed by atoms with Crippen LogP contribution in [-0.2, 0) is 19.1 Å². The summed E-state index contributed by atoms with van der Waals surface area (Å²) in [6, 6.07) is 11.9. The molecule has 0 saturated carbocycles. The lowest BCUT2D eigenvalue weighted by molar-refractivity contribution is -0.121. The number of nitrogens with one attached hydrogen (secondary N) is 1. The third-order valence-corrected chi connectivity index (χ3v) is 4.92. The van der Waals surface area contributed by atoms with Crippen LogP contribution in [0.5, 0.6) is 0 Å². The Balaban J connectivity index is 1.65. The molecule has 7 nitrogen and oxygen atoms in total. The zero-order valence-corrected chi connectivity index (χ0v) is 17.2. The van der Waals surface area contributed by atoms with Crippen molar-refractivity contribution < 1.29 is 23.9 Å². The van der Waals surface area contributed by atoms with Crippen molar-refractivity contribution in [2.24, 2.45) is 0 Å². The average molecular weight is 408 g/mol. The van der Waals surface area contributed by atoms with Crippen LogP contribution >= 0.6 is 0 Å². The molecular formula is C23H24N2O5. The molecule has 1 heterocycles. The van der Waals surface area contributed by atoms with Crippen molar-refractivity contribution in [2.75, 3.05) is 16.8 Å². The number of benzene rings is 2. The lowest BCUT2D eigenvalue weighted by Crippen LogP contribution is -2.28. The van der Waals surface area contributed by atoms with Crippen LogP contribution in [0.4, 0.5) is 11.4 Å². The molecule has 1 aliphatic heterocycles. The molecule has 0 atom stereocenters.